The number of hydrogen-bond acceptors (Lipinski definition) is 13. The van der Waals surface area contributed by atoms with E-state index in [1.807, 2.05) is 41.5 Å². The zero-order valence-corrected chi connectivity index (χ0v) is 35.8. The van der Waals surface area contributed by atoms with E-state index in [1.165, 1.54) is 16.7 Å². The van der Waals surface area contributed by atoms with Gasteiger partial charge in [0.1, 0.15) is 24.7 Å². The molecule has 0 aliphatic carbocycles. The predicted molar refractivity (Wildman–Crippen MR) is 225 cm³/mol. The molecule has 18 nitrogen and oxygen atoms in total. The average Bonchev–Trinajstić information content (AvgIpc) is 3.18. The van der Waals surface area contributed by atoms with E-state index in [4.69, 9.17) is 24.7 Å². The number of alkyl carbamates (subject to hydrolysis) is 2. The summed E-state index contributed by atoms with van der Waals surface area (Å²) >= 11 is 0. The number of ether oxygens (including phenoxy) is 4. The van der Waals surface area contributed by atoms with Gasteiger partial charge in [-0.25, -0.2) is 19.2 Å². The summed E-state index contributed by atoms with van der Waals surface area (Å²) in [5.74, 6) is 0.481. The SMILES string of the molecule is CC(=O)N(CCNC(=O)OCc1ccc(OC(=O)N(CCN)CCNC(C)C)cc1)CCNC(=O)OCc1ccc(OC(=O)N(CCNC(C)C)CCNC(C)C)cc1. The molecule has 2 rings (SSSR count). The molecular weight excluding hydrogens is 763 g/mol. The van der Waals surface area contributed by atoms with Crippen molar-refractivity contribution in [3.05, 3.63) is 59.7 Å². The Bertz CT molecular complexity index is 1530. The van der Waals surface area contributed by atoms with Crippen molar-refractivity contribution in [1.29, 1.82) is 0 Å². The smallest absolute Gasteiger partial charge is 0.415 e. The first-order valence-corrected chi connectivity index (χ1v) is 20.2. The van der Waals surface area contributed by atoms with Crippen LogP contribution in [0.25, 0.3) is 0 Å². The van der Waals surface area contributed by atoms with Crippen LogP contribution in [0.2, 0.25) is 0 Å². The quantitative estimate of drug-likeness (QED) is 0.0804. The number of nitrogens with one attached hydrogen (secondary N) is 5. The van der Waals surface area contributed by atoms with E-state index in [9.17, 15) is 24.0 Å². The lowest BCUT2D eigenvalue weighted by atomic mass is 10.2. The molecule has 0 saturated heterocycles. The maximum Gasteiger partial charge on any atom is 0.415 e. The van der Waals surface area contributed by atoms with Crippen LogP contribution in [0.5, 0.6) is 11.5 Å². The monoisotopic (exact) mass is 830 g/mol. The predicted octanol–water partition coefficient (Wildman–Crippen LogP) is 3.24. The molecule has 0 bridgehead atoms. The number of nitrogens with zero attached hydrogens (tertiary/aromatic N) is 3. The number of nitrogens with two attached hydrogens (primary N) is 1. The Kier molecular flexibility index (Phi) is 24.0. The molecule has 2 aromatic carbocycles. The Hall–Kier alpha value is -5.17. The second-order valence-electron chi connectivity index (χ2n) is 14.6. The Balaban J connectivity index is 1.69. The highest BCUT2D eigenvalue weighted by Gasteiger charge is 2.18. The molecule has 5 amide bonds. The summed E-state index contributed by atoms with van der Waals surface area (Å²) in [4.78, 5) is 67.0. The first-order valence-electron chi connectivity index (χ1n) is 20.2. The number of rotatable bonds is 26. The highest BCUT2D eigenvalue weighted by molar-refractivity contribution is 5.74. The van der Waals surface area contributed by atoms with Gasteiger partial charge in [0, 0.05) is 104 Å². The van der Waals surface area contributed by atoms with Crippen molar-refractivity contribution in [3.8, 4) is 11.5 Å². The molecule has 59 heavy (non-hydrogen) atoms. The van der Waals surface area contributed by atoms with Crippen molar-refractivity contribution in [2.45, 2.75) is 79.8 Å². The lowest BCUT2D eigenvalue weighted by Gasteiger charge is -2.23. The van der Waals surface area contributed by atoms with Gasteiger partial charge in [-0.3, -0.25) is 4.79 Å². The van der Waals surface area contributed by atoms with Crippen molar-refractivity contribution >= 4 is 30.3 Å². The molecule has 0 saturated carbocycles. The van der Waals surface area contributed by atoms with Crippen LogP contribution in [0.15, 0.2) is 48.5 Å². The molecule has 0 aromatic heterocycles. The van der Waals surface area contributed by atoms with Gasteiger partial charge in [0.05, 0.1) is 0 Å². The standard InChI is InChI=1S/C41H67N9O9/c1-30(2)43-17-25-49(22-16-42)40(54)58-36-12-8-34(9-13-36)28-56-38(52)46-20-23-48(33(7)51)24-21-47-39(53)57-29-35-10-14-37(15-11-35)59-41(55)50(26-18-44-31(3)4)27-19-45-32(5)6/h8-15,30-32,43-45H,16-29,42H2,1-7H3,(H,46,52)(H,47,53). The highest BCUT2D eigenvalue weighted by atomic mass is 16.6. The Morgan fingerprint density at radius 2 is 0.864 bits per heavy atom. The molecule has 2 aromatic rings. The molecule has 7 N–H and O–H groups in total. The maximum atomic E-state index is 12.9. The summed E-state index contributed by atoms with van der Waals surface area (Å²) in [6.07, 6.45) is -2.28. The summed E-state index contributed by atoms with van der Waals surface area (Å²) in [6.45, 7) is 18.3. The minimum Gasteiger partial charge on any atom is -0.445 e. The number of amides is 5. The molecule has 0 spiro atoms. The van der Waals surface area contributed by atoms with Gasteiger partial charge in [0.15, 0.2) is 0 Å². The first kappa shape index (κ1) is 50.0. The third-order valence-corrected chi connectivity index (χ3v) is 8.46. The number of carbonyl (C=O) groups is 5. The Morgan fingerprint density at radius 1 is 0.525 bits per heavy atom. The summed E-state index contributed by atoms with van der Waals surface area (Å²) in [6, 6.07) is 14.2. The number of carbonyl (C=O) groups excluding carboxylic acids is 5. The molecule has 0 fully saturated rings. The van der Waals surface area contributed by atoms with E-state index in [0.717, 1.165) is 0 Å². The van der Waals surface area contributed by atoms with Crippen LogP contribution in [0.3, 0.4) is 0 Å². The van der Waals surface area contributed by atoms with Crippen LogP contribution in [0, 0.1) is 0 Å². The first-order chi connectivity index (χ1) is 28.2. The molecule has 18 heteroatoms. The fourth-order valence-corrected chi connectivity index (χ4v) is 5.26. The third-order valence-electron chi connectivity index (χ3n) is 8.46. The largest absolute Gasteiger partial charge is 0.445 e. The van der Waals surface area contributed by atoms with Gasteiger partial charge < -0.3 is 66.0 Å². The van der Waals surface area contributed by atoms with Gasteiger partial charge in [-0.05, 0) is 35.4 Å². The zero-order valence-electron chi connectivity index (χ0n) is 35.8. The summed E-state index contributed by atoms with van der Waals surface area (Å²) < 4.78 is 21.7. The summed E-state index contributed by atoms with van der Waals surface area (Å²) in [5.41, 5.74) is 7.03. The minimum atomic E-state index is -0.671. The van der Waals surface area contributed by atoms with Crippen molar-refractivity contribution in [1.82, 2.24) is 41.3 Å². The maximum absolute atomic E-state index is 12.9. The molecule has 0 aliphatic rings. The Labute approximate surface area is 349 Å². The molecule has 330 valence electrons. The zero-order chi connectivity index (χ0) is 43.6. The van der Waals surface area contributed by atoms with E-state index < -0.39 is 24.4 Å². The lowest BCUT2D eigenvalue weighted by Crippen LogP contribution is -2.44. The van der Waals surface area contributed by atoms with Crippen molar-refractivity contribution in [2.24, 2.45) is 5.73 Å². The topological polar surface area (TPSA) is 218 Å². The highest BCUT2D eigenvalue weighted by Crippen LogP contribution is 2.16. The Morgan fingerprint density at radius 3 is 1.19 bits per heavy atom. The molecular formula is C41H67N9O9. The molecule has 0 unspecified atom stereocenters. The van der Waals surface area contributed by atoms with Gasteiger partial charge in [0.25, 0.3) is 0 Å². The van der Waals surface area contributed by atoms with Crippen LogP contribution in [-0.4, -0.2) is 142 Å². The van der Waals surface area contributed by atoms with Gasteiger partial charge in [-0.1, -0.05) is 65.8 Å². The van der Waals surface area contributed by atoms with Crippen LogP contribution in [-0.2, 0) is 27.5 Å². The molecule has 0 aliphatic heterocycles. The van der Waals surface area contributed by atoms with E-state index in [2.05, 4.69) is 26.6 Å². The molecule has 0 radical (unpaired) electrons. The summed E-state index contributed by atoms with van der Waals surface area (Å²) in [5, 5.41) is 15.1. The third kappa shape index (κ3) is 22.5. The van der Waals surface area contributed by atoms with Crippen molar-refractivity contribution in [3.63, 3.8) is 0 Å². The van der Waals surface area contributed by atoms with Gasteiger partial charge in [0.2, 0.25) is 5.91 Å². The van der Waals surface area contributed by atoms with Crippen LogP contribution in [0.4, 0.5) is 19.2 Å². The minimum absolute atomic E-state index is 0.0152. The van der Waals surface area contributed by atoms with E-state index >= 15 is 0 Å². The number of hydrogen-bond donors (Lipinski definition) is 6. The van der Waals surface area contributed by atoms with Gasteiger partial charge >= 0.3 is 24.4 Å². The van der Waals surface area contributed by atoms with E-state index in [-0.39, 0.29) is 45.3 Å². The fraction of sp³-hybridized carbons (Fsp3) is 0.585. The second-order valence-corrected chi connectivity index (χ2v) is 14.6. The van der Waals surface area contributed by atoms with Crippen LogP contribution >= 0.6 is 0 Å². The van der Waals surface area contributed by atoms with E-state index in [0.29, 0.717) is 93.1 Å². The molecule has 0 heterocycles. The fourth-order valence-electron chi connectivity index (χ4n) is 5.26. The van der Waals surface area contributed by atoms with Crippen molar-refractivity contribution < 1.29 is 42.9 Å². The second kappa shape index (κ2) is 28.3. The number of benzene rings is 2. The van der Waals surface area contributed by atoms with E-state index in [1.54, 1.807) is 53.4 Å². The normalized spacial score (nSPS) is 11.0. The van der Waals surface area contributed by atoms with Crippen LogP contribution < -0.4 is 41.8 Å². The van der Waals surface area contributed by atoms with Crippen LogP contribution in [0.1, 0.15) is 59.6 Å². The lowest BCUT2D eigenvalue weighted by molar-refractivity contribution is -0.128. The summed E-state index contributed by atoms with van der Waals surface area (Å²) in [7, 11) is 0. The molecule has 0 atom stereocenters. The average molecular weight is 830 g/mol. The van der Waals surface area contributed by atoms with Crippen molar-refractivity contribution in [2.75, 3.05) is 78.5 Å². The van der Waals surface area contributed by atoms with Gasteiger partial charge in [-0.2, -0.15) is 0 Å². The van der Waals surface area contributed by atoms with Gasteiger partial charge in [-0.15, -0.1) is 0 Å².